The Balaban J connectivity index is 2.39. The van der Waals surface area contributed by atoms with Crippen molar-refractivity contribution in [3.8, 4) is 0 Å². The zero-order chi connectivity index (χ0) is 11.8. The van der Waals surface area contributed by atoms with Gasteiger partial charge < -0.3 is 4.74 Å². The lowest BCUT2D eigenvalue weighted by atomic mass is 10.2. The Morgan fingerprint density at radius 3 is 2.62 bits per heavy atom. The van der Waals surface area contributed by atoms with Gasteiger partial charge in [-0.3, -0.25) is 0 Å². The lowest BCUT2D eigenvalue weighted by molar-refractivity contribution is -0.139. The van der Waals surface area contributed by atoms with Crippen molar-refractivity contribution in [3.05, 3.63) is 47.5 Å². The second kappa shape index (κ2) is 6.83. The van der Waals surface area contributed by atoms with E-state index in [-0.39, 0.29) is 5.97 Å². The van der Waals surface area contributed by atoms with E-state index < -0.39 is 0 Å². The standard InChI is InChI=1S/C14H18O2/c1-3-7-12(2)10-14(15)16-11-13-8-5-4-6-9-13/h4-6,8-10H,3,7,11H2,1-2H3. The first-order valence-corrected chi connectivity index (χ1v) is 5.60. The third kappa shape index (κ3) is 4.78. The van der Waals surface area contributed by atoms with Gasteiger partial charge in [0, 0.05) is 6.08 Å². The van der Waals surface area contributed by atoms with E-state index in [1.807, 2.05) is 37.3 Å². The number of ether oxygens (including phenoxy) is 1. The van der Waals surface area contributed by atoms with Crippen LogP contribution in [0, 0.1) is 0 Å². The number of hydrogen-bond donors (Lipinski definition) is 0. The second-order valence-corrected chi connectivity index (χ2v) is 3.83. The highest BCUT2D eigenvalue weighted by atomic mass is 16.5. The van der Waals surface area contributed by atoms with E-state index in [9.17, 15) is 4.79 Å². The Hall–Kier alpha value is -1.57. The fourth-order valence-corrected chi connectivity index (χ4v) is 1.44. The van der Waals surface area contributed by atoms with Gasteiger partial charge in [-0.15, -0.1) is 0 Å². The molecular weight excluding hydrogens is 200 g/mol. The third-order valence-corrected chi connectivity index (χ3v) is 2.23. The van der Waals surface area contributed by atoms with E-state index in [1.165, 1.54) is 0 Å². The van der Waals surface area contributed by atoms with Gasteiger partial charge in [0.15, 0.2) is 0 Å². The molecule has 1 aromatic rings. The lowest BCUT2D eigenvalue weighted by Gasteiger charge is -2.02. The molecule has 2 nitrogen and oxygen atoms in total. The zero-order valence-electron chi connectivity index (χ0n) is 9.90. The Kier molecular flexibility index (Phi) is 5.34. The molecule has 0 amide bonds. The number of allylic oxidation sites excluding steroid dienone is 1. The molecule has 0 saturated carbocycles. The average molecular weight is 218 g/mol. The number of carbonyl (C=O) groups excluding carboxylic acids is 1. The molecule has 0 heterocycles. The molecule has 16 heavy (non-hydrogen) atoms. The van der Waals surface area contributed by atoms with E-state index >= 15 is 0 Å². The quantitative estimate of drug-likeness (QED) is 0.558. The van der Waals surface area contributed by atoms with Gasteiger partial charge in [-0.05, 0) is 18.9 Å². The first kappa shape index (κ1) is 12.5. The molecule has 0 unspecified atom stereocenters. The fourth-order valence-electron chi connectivity index (χ4n) is 1.44. The van der Waals surface area contributed by atoms with Crippen LogP contribution >= 0.6 is 0 Å². The summed E-state index contributed by atoms with van der Waals surface area (Å²) in [5.74, 6) is -0.255. The molecule has 0 aliphatic rings. The van der Waals surface area contributed by atoms with Crippen LogP contribution < -0.4 is 0 Å². The van der Waals surface area contributed by atoms with Crippen LogP contribution in [-0.4, -0.2) is 5.97 Å². The van der Waals surface area contributed by atoms with Crippen LogP contribution in [0.4, 0.5) is 0 Å². The van der Waals surface area contributed by atoms with E-state index in [1.54, 1.807) is 6.08 Å². The molecule has 1 aromatic carbocycles. The SMILES string of the molecule is CCCC(C)=CC(=O)OCc1ccccc1. The number of benzene rings is 1. The summed E-state index contributed by atoms with van der Waals surface area (Å²) in [4.78, 5) is 11.4. The maximum Gasteiger partial charge on any atom is 0.331 e. The summed E-state index contributed by atoms with van der Waals surface area (Å²) >= 11 is 0. The minimum atomic E-state index is -0.255. The molecule has 0 saturated heterocycles. The summed E-state index contributed by atoms with van der Waals surface area (Å²) < 4.78 is 5.13. The van der Waals surface area contributed by atoms with Gasteiger partial charge in [0.05, 0.1) is 0 Å². The van der Waals surface area contributed by atoms with Crippen LogP contribution in [0.25, 0.3) is 0 Å². The Morgan fingerprint density at radius 2 is 2.00 bits per heavy atom. The summed E-state index contributed by atoms with van der Waals surface area (Å²) in [5, 5.41) is 0. The van der Waals surface area contributed by atoms with Crippen molar-refractivity contribution < 1.29 is 9.53 Å². The minimum absolute atomic E-state index is 0.255. The Morgan fingerprint density at radius 1 is 1.31 bits per heavy atom. The van der Waals surface area contributed by atoms with Crippen LogP contribution in [0.15, 0.2) is 42.0 Å². The van der Waals surface area contributed by atoms with Crippen LogP contribution in [0.3, 0.4) is 0 Å². The molecule has 1 rings (SSSR count). The number of esters is 1. The van der Waals surface area contributed by atoms with Crippen molar-refractivity contribution in [2.24, 2.45) is 0 Å². The second-order valence-electron chi connectivity index (χ2n) is 3.83. The van der Waals surface area contributed by atoms with Crippen molar-refractivity contribution in [1.82, 2.24) is 0 Å². The summed E-state index contributed by atoms with van der Waals surface area (Å²) in [6.07, 6.45) is 3.57. The maximum absolute atomic E-state index is 11.4. The lowest BCUT2D eigenvalue weighted by Crippen LogP contribution is -2.01. The van der Waals surface area contributed by atoms with Crippen LogP contribution in [0.1, 0.15) is 32.3 Å². The smallest absolute Gasteiger partial charge is 0.331 e. The molecule has 0 fully saturated rings. The van der Waals surface area contributed by atoms with Gasteiger partial charge in [0.1, 0.15) is 6.61 Å². The normalized spacial score (nSPS) is 11.2. The minimum Gasteiger partial charge on any atom is -0.458 e. The largest absolute Gasteiger partial charge is 0.458 e. The summed E-state index contributed by atoms with van der Waals surface area (Å²) in [6.45, 7) is 4.38. The van der Waals surface area contributed by atoms with Gasteiger partial charge in [-0.25, -0.2) is 4.79 Å². The Labute approximate surface area is 96.9 Å². The molecule has 0 aliphatic heterocycles. The first-order valence-electron chi connectivity index (χ1n) is 5.60. The van der Waals surface area contributed by atoms with Gasteiger partial charge in [-0.1, -0.05) is 49.2 Å². The summed E-state index contributed by atoms with van der Waals surface area (Å²) in [5.41, 5.74) is 2.08. The van der Waals surface area contributed by atoms with Gasteiger partial charge in [-0.2, -0.15) is 0 Å². The van der Waals surface area contributed by atoms with Crippen molar-refractivity contribution in [3.63, 3.8) is 0 Å². The Bertz CT molecular complexity index is 352. The van der Waals surface area contributed by atoms with E-state index in [0.29, 0.717) is 6.61 Å². The molecule has 86 valence electrons. The van der Waals surface area contributed by atoms with Crippen molar-refractivity contribution in [2.45, 2.75) is 33.3 Å². The fraction of sp³-hybridized carbons (Fsp3) is 0.357. The van der Waals surface area contributed by atoms with Crippen molar-refractivity contribution >= 4 is 5.97 Å². The van der Waals surface area contributed by atoms with E-state index in [4.69, 9.17) is 4.74 Å². The van der Waals surface area contributed by atoms with Crippen LogP contribution in [0.2, 0.25) is 0 Å². The van der Waals surface area contributed by atoms with E-state index in [0.717, 1.165) is 24.0 Å². The highest BCUT2D eigenvalue weighted by Crippen LogP contribution is 2.05. The number of hydrogen-bond acceptors (Lipinski definition) is 2. The molecule has 0 atom stereocenters. The van der Waals surface area contributed by atoms with Crippen LogP contribution in [0.5, 0.6) is 0 Å². The molecule has 0 N–H and O–H groups in total. The van der Waals surface area contributed by atoms with E-state index in [2.05, 4.69) is 6.92 Å². The number of rotatable bonds is 5. The van der Waals surface area contributed by atoms with Gasteiger partial charge in [0.25, 0.3) is 0 Å². The monoisotopic (exact) mass is 218 g/mol. The van der Waals surface area contributed by atoms with Gasteiger partial charge >= 0.3 is 5.97 Å². The van der Waals surface area contributed by atoms with Crippen LogP contribution in [-0.2, 0) is 16.1 Å². The molecular formula is C14H18O2. The van der Waals surface area contributed by atoms with Crippen molar-refractivity contribution in [2.75, 3.05) is 0 Å². The first-order chi connectivity index (χ1) is 7.72. The molecule has 0 radical (unpaired) electrons. The molecule has 0 aliphatic carbocycles. The third-order valence-electron chi connectivity index (χ3n) is 2.23. The van der Waals surface area contributed by atoms with Gasteiger partial charge in [0.2, 0.25) is 0 Å². The topological polar surface area (TPSA) is 26.3 Å². The highest BCUT2D eigenvalue weighted by molar-refractivity contribution is 5.82. The molecule has 0 aromatic heterocycles. The molecule has 0 bridgehead atoms. The average Bonchev–Trinajstić information content (AvgIpc) is 2.28. The predicted molar refractivity (Wildman–Crippen MR) is 64.9 cm³/mol. The highest BCUT2D eigenvalue weighted by Gasteiger charge is 1.99. The molecule has 2 heteroatoms. The zero-order valence-corrected chi connectivity index (χ0v) is 9.90. The predicted octanol–water partition coefficient (Wildman–Crippen LogP) is 3.48. The summed E-state index contributed by atoms with van der Waals surface area (Å²) in [6, 6.07) is 9.69. The summed E-state index contributed by atoms with van der Waals surface area (Å²) in [7, 11) is 0. The number of carbonyl (C=O) groups is 1. The maximum atomic E-state index is 11.4. The molecule has 0 spiro atoms. The van der Waals surface area contributed by atoms with Crippen molar-refractivity contribution in [1.29, 1.82) is 0 Å².